The molecule has 0 aromatic heterocycles. The highest BCUT2D eigenvalue weighted by Gasteiger charge is 2.31. The Morgan fingerprint density at radius 2 is 1.50 bits per heavy atom. The van der Waals surface area contributed by atoms with Gasteiger partial charge in [0.05, 0.1) is 5.56 Å². The number of aryl methyl sites for hydroxylation is 1. The number of rotatable bonds is 5. The Morgan fingerprint density at radius 3 is 2.19 bits per heavy atom. The molecule has 2 saturated heterocycles. The molecular weight excluding hydrogens is 454 g/mol. The standard InChI is InChI=1S/C28H35N5O3/c1-20-6-5-7-22(18-20)30-28(36)33-16-14-31(15-17-33)25-11-10-23(29-26(34)21-8-9-21)19-24(25)27(35)32-12-3-2-4-13-32/h5-7,10-11,18-19,21H,2-4,8-9,12-17H2,1H3,(H,29,34)(H,30,36). The molecule has 0 bridgehead atoms. The van der Waals surface area contributed by atoms with Gasteiger partial charge in [-0.05, 0) is 74.9 Å². The van der Waals surface area contributed by atoms with Crippen molar-refractivity contribution < 1.29 is 14.4 Å². The Hall–Kier alpha value is -3.55. The minimum atomic E-state index is -0.108. The number of nitrogens with one attached hydrogen (secondary N) is 2. The molecule has 8 nitrogen and oxygen atoms in total. The van der Waals surface area contributed by atoms with E-state index in [1.54, 1.807) is 0 Å². The van der Waals surface area contributed by atoms with Gasteiger partial charge in [0.1, 0.15) is 0 Å². The average Bonchev–Trinajstić information content (AvgIpc) is 3.75. The van der Waals surface area contributed by atoms with E-state index in [-0.39, 0.29) is 23.8 Å². The first-order valence-electron chi connectivity index (χ1n) is 13.1. The molecule has 36 heavy (non-hydrogen) atoms. The van der Waals surface area contributed by atoms with Crippen LogP contribution < -0.4 is 15.5 Å². The molecule has 190 valence electrons. The van der Waals surface area contributed by atoms with Crippen LogP contribution in [0.4, 0.5) is 21.9 Å². The van der Waals surface area contributed by atoms with Crippen LogP contribution in [0, 0.1) is 12.8 Å². The summed E-state index contributed by atoms with van der Waals surface area (Å²) in [6, 6.07) is 13.3. The smallest absolute Gasteiger partial charge is 0.321 e. The van der Waals surface area contributed by atoms with Gasteiger partial charge in [-0.25, -0.2) is 4.79 Å². The lowest BCUT2D eigenvalue weighted by atomic mass is 10.1. The molecule has 2 N–H and O–H groups in total. The molecule has 2 heterocycles. The Morgan fingerprint density at radius 1 is 0.778 bits per heavy atom. The van der Waals surface area contributed by atoms with E-state index in [1.807, 2.05) is 59.2 Å². The van der Waals surface area contributed by atoms with Crippen molar-refractivity contribution in [1.29, 1.82) is 0 Å². The Bertz CT molecular complexity index is 1130. The lowest BCUT2D eigenvalue weighted by Gasteiger charge is -2.37. The molecule has 3 aliphatic rings. The highest BCUT2D eigenvalue weighted by molar-refractivity contribution is 6.02. The molecule has 1 aliphatic carbocycles. The highest BCUT2D eigenvalue weighted by Crippen LogP contribution is 2.32. The number of amides is 4. The van der Waals surface area contributed by atoms with Crippen LogP contribution in [0.25, 0.3) is 0 Å². The maximum atomic E-state index is 13.6. The van der Waals surface area contributed by atoms with Crippen LogP contribution in [0.15, 0.2) is 42.5 Å². The van der Waals surface area contributed by atoms with Gasteiger partial charge < -0.3 is 25.3 Å². The summed E-state index contributed by atoms with van der Waals surface area (Å²) in [5.74, 6) is 0.157. The summed E-state index contributed by atoms with van der Waals surface area (Å²) in [5, 5.41) is 5.98. The number of carbonyl (C=O) groups is 3. The third kappa shape index (κ3) is 5.64. The van der Waals surface area contributed by atoms with Crippen molar-refractivity contribution in [3.63, 3.8) is 0 Å². The van der Waals surface area contributed by atoms with Crippen LogP contribution in [0.5, 0.6) is 0 Å². The van der Waals surface area contributed by atoms with E-state index in [0.717, 1.165) is 62.1 Å². The number of piperidine rings is 1. The molecule has 5 rings (SSSR count). The van der Waals surface area contributed by atoms with Gasteiger partial charge in [-0.2, -0.15) is 0 Å². The fraction of sp³-hybridized carbons (Fsp3) is 0.464. The van der Waals surface area contributed by atoms with E-state index in [2.05, 4.69) is 15.5 Å². The van der Waals surface area contributed by atoms with Crippen LogP contribution in [0.2, 0.25) is 0 Å². The average molecular weight is 490 g/mol. The zero-order valence-electron chi connectivity index (χ0n) is 21.0. The molecule has 8 heteroatoms. The quantitative estimate of drug-likeness (QED) is 0.655. The topological polar surface area (TPSA) is 85.0 Å². The van der Waals surface area contributed by atoms with Gasteiger partial charge in [-0.15, -0.1) is 0 Å². The van der Waals surface area contributed by atoms with Gasteiger partial charge in [0.25, 0.3) is 5.91 Å². The van der Waals surface area contributed by atoms with Crippen LogP contribution in [-0.4, -0.2) is 66.9 Å². The number of benzene rings is 2. The van der Waals surface area contributed by atoms with E-state index in [1.165, 1.54) is 0 Å². The van der Waals surface area contributed by atoms with Gasteiger partial charge in [-0.3, -0.25) is 9.59 Å². The zero-order valence-corrected chi connectivity index (χ0v) is 21.0. The van der Waals surface area contributed by atoms with E-state index in [9.17, 15) is 14.4 Å². The summed E-state index contributed by atoms with van der Waals surface area (Å²) in [5.41, 5.74) is 4.06. The molecule has 2 aromatic carbocycles. The number of likely N-dealkylation sites (tertiary alicyclic amines) is 1. The van der Waals surface area contributed by atoms with Gasteiger partial charge in [0, 0.05) is 62.2 Å². The maximum absolute atomic E-state index is 13.6. The van der Waals surface area contributed by atoms with Gasteiger partial charge in [-0.1, -0.05) is 12.1 Å². The first-order valence-corrected chi connectivity index (χ1v) is 13.1. The molecule has 3 fully saturated rings. The number of hydrogen-bond acceptors (Lipinski definition) is 4. The third-order valence-corrected chi connectivity index (χ3v) is 7.26. The van der Waals surface area contributed by atoms with Gasteiger partial charge in [0.15, 0.2) is 0 Å². The molecule has 1 saturated carbocycles. The SMILES string of the molecule is Cc1cccc(NC(=O)N2CCN(c3ccc(NC(=O)C4CC4)cc3C(=O)N3CCCCC3)CC2)c1. The summed E-state index contributed by atoms with van der Waals surface area (Å²) < 4.78 is 0. The second-order valence-corrected chi connectivity index (χ2v) is 10.1. The van der Waals surface area contributed by atoms with Crippen LogP contribution in [0.3, 0.4) is 0 Å². The summed E-state index contributed by atoms with van der Waals surface area (Å²) in [4.78, 5) is 44.6. The molecule has 0 radical (unpaired) electrons. The molecule has 2 aromatic rings. The third-order valence-electron chi connectivity index (χ3n) is 7.26. The van der Waals surface area contributed by atoms with Crippen molar-refractivity contribution in [1.82, 2.24) is 9.80 Å². The minimum absolute atomic E-state index is 0.0202. The highest BCUT2D eigenvalue weighted by atomic mass is 16.2. The number of anilines is 3. The van der Waals surface area contributed by atoms with Crippen molar-refractivity contribution in [3.8, 4) is 0 Å². The van der Waals surface area contributed by atoms with Gasteiger partial charge in [0.2, 0.25) is 5.91 Å². The van der Waals surface area contributed by atoms with E-state index < -0.39 is 0 Å². The van der Waals surface area contributed by atoms with Crippen LogP contribution >= 0.6 is 0 Å². The lowest BCUT2D eigenvalue weighted by Crippen LogP contribution is -2.50. The fourth-order valence-corrected chi connectivity index (χ4v) is 4.99. The van der Waals surface area contributed by atoms with Gasteiger partial charge >= 0.3 is 6.03 Å². The van der Waals surface area contributed by atoms with Crippen LogP contribution in [-0.2, 0) is 4.79 Å². The molecular formula is C28H35N5O3. The first-order chi connectivity index (χ1) is 17.5. The Labute approximate surface area is 212 Å². The van der Waals surface area contributed by atoms with E-state index in [0.29, 0.717) is 37.4 Å². The minimum Gasteiger partial charge on any atom is -0.367 e. The lowest BCUT2D eigenvalue weighted by molar-refractivity contribution is -0.117. The predicted octanol–water partition coefficient (Wildman–Crippen LogP) is 4.32. The zero-order chi connectivity index (χ0) is 25.1. The molecule has 4 amide bonds. The molecule has 0 unspecified atom stereocenters. The fourth-order valence-electron chi connectivity index (χ4n) is 4.99. The molecule has 2 aliphatic heterocycles. The number of piperazine rings is 1. The summed E-state index contributed by atoms with van der Waals surface area (Å²) in [7, 11) is 0. The van der Waals surface area contributed by atoms with Crippen molar-refractivity contribution in [2.75, 3.05) is 54.8 Å². The summed E-state index contributed by atoms with van der Waals surface area (Å²) in [6.45, 7) is 5.93. The Balaban J connectivity index is 1.29. The molecule has 0 spiro atoms. The number of urea groups is 1. The Kier molecular flexibility index (Phi) is 7.11. The predicted molar refractivity (Wildman–Crippen MR) is 142 cm³/mol. The second kappa shape index (κ2) is 10.6. The number of carbonyl (C=O) groups excluding carboxylic acids is 3. The van der Waals surface area contributed by atoms with E-state index >= 15 is 0 Å². The summed E-state index contributed by atoms with van der Waals surface area (Å²) in [6.07, 6.45) is 5.07. The van der Waals surface area contributed by atoms with Crippen molar-refractivity contribution in [2.45, 2.75) is 39.0 Å². The number of nitrogens with zero attached hydrogens (tertiary/aromatic N) is 3. The van der Waals surface area contributed by atoms with Crippen molar-refractivity contribution >= 4 is 34.9 Å². The normalized spacial score (nSPS) is 18.1. The van der Waals surface area contributed by atoms with E-state index in [4.69, 9.17) is 0 Å². The summed E-state index contributed by atoms with van der Waals surface area (Å²) >= 11 is 0. The monoisotopic (exact) mass is 489 g/mol. The molecule has 0 atom stereocenters. The maximum Gasteiger partial charge on any atom is 0.321 e. The second-order valence-electron chi connectivity index (χ2n) is 10.1. The van der Waals surface area contributed by atoms with Crippen molar-refractivity contribution in [3.05, 3.63) is 53.6 Å². The largest absolute Gasteiger partial charge is 0.367 e. The first kappa shape index (κ1) is 24.2. The van der Waals surface area contributed by atoms with Crippen molar-refractivity contribution in [2.24, 2.45) is 5.92 Å². The van der Waals surface area contributed by atoms with Crippen LogP contribution in [0.1, 0.15) is 48.0 Å². The number of hydrogen-bond donors (Lipinski definition) is 2.